The van der Waals surface area contributed by atoms with Gasteiger partial charge in [-0.2, -0.15) is 5.10 Å². The Bertz CT molecular complexity index is 986. The van der Waals surface area contributed by atoms with Crippen molar-refractivity contribution in [3.8, 4) is 11.3 Å². The summed E-state index contributed by atoms with van der Waals surface area (Å²) in [6.45, 7) is 0.703. The van der Waals surface area contributed by atoms with Crippen LogP contribution in [0.4, 0.5) is 0 Å². The topological polar surface area (TPSA) is 105 Å². The molecule has 8 nitrogen and oxygen atoms in total. The van der Waals surface area contributed by atoms with Gasteiger partial charge in [0.2, 0.25) is 0 Å². The number of nitrogens with zero attached hydrogens (tertiary/aromatic N) is 3. The summed E-state index contributed by atoms with van der Waals surface area (Å²) >= 11 is 0. The lowest BCUT2D eigenvalue weighted by Gasteiger charge is -2.07. The lowest BCUT2D eigenvalue weighted by atomic mass is 10.1. The molecular weight excluding hydrogens is 298 g/mol. The molecular formula is C15H15N5O3. The van der Waals surface area contributed by atoms with Crippen molar-refractivity contribution in [2.75, 3.05) is 13.7 Å². The molecule has 0 bridgehead atoms. The quantitative estimate of drug-likeness (QED) is 0.730. The van der Waals surface area contributed by atoms with E-state index in [1.165, 1.54) is 6.20 Å². The first kappa shape index (κ1) is 13.9. The van der Waals surface area contributed by atoms with Gasteiger partial charge < -0.3 is 9.72 Å². The number of aromatic amines is 2. The van der Waals surface area contributed by atoms with E-state index < -0.39 is 11.2 Å². The zero-order chi connectivity index (χ0) is 16.0. The largest absolute Gasteiger partial charge is 0.384 e. The number of hydrogen-bond acceptors (Lipinski definition) is 5. The summed E-state index contributed by atoms with van der Waals surface area (Å²) in [5.74, 6) is 0.813. The lowest BCUT2D eigenvalue weighted by Crippen LogP contribution is -2.23. The SMILES string of the molecule is COC[C@@H]1C[C@H]1c1cc(-c2c[nH]c(=O)[nH]c2=O)nn2ccnc12. The van der Waals surface area contributed by atoms with E-state index in [4.69, 9.17) is 4.74 Å². The molecule has 1 saturated carbocycles. The van der Waals surface area contributed by atoms with Gasteiger partial charge in [0, 0.05) is 37.9 Å². The van der Waals surface area contributed by atoms with Crippen molar-refractivity contribution < 1.29 is 4.74 Å². The van der Waals surface area contributed by atoms with Crippen molar-refractivity contribution in [1.82, 2.24) is 24.6 Å². The van der Waals surface area contributed by atoms with Gasteiger partial charge in [-0.3, -0.25) is 9.78 Å². The van der Waals surface area contributed by atoms with E-state index in [-0.39, 0.29) is 0 Å². The number of aromatic nitrogens is 5. The van der Waals surface area contributed by atoms with E-state index in [0.717, 1.165) is 17.6 Å². The summed E-state index contributed by atoms with van der Waals surface area (Å²) < 4.78 is 6.88. The maximum atomic E-state index is 12.0. The Morgan fingerprint density at radius 1 is 1.43 bits per heavy atom. The Kier molecular flexibility index (Phi) is 3.12. The van der Waals surface area contributed by atoms with E-state index in [0.29, 0.717) is 29.7 Å². The standard InChI is InChI=1S/C15H15N5O3/c1-23-7-8-4-9(8)10-5-12(19-20-3-2-16-13(10)20)11-6-17-15(22)18-14(11)21/h2-3,5-6,8-9H,4,7H2,1H3,(H2,17,18,21,22)/t8-,9+/m0/s1. The van der Waals surface area contributed by atoms with Gasteiger partial charge in [-0.05, 0) is 24.3 Å². The maximum Gasteiger partial charge on any atom is 0.325 e. The highest BCUT2D eigenvalue weighted by Gasteiger charge is 2.40. The Hall–Kier alpha value is -2.74. The smallest absolute Gasteiger partial charge is 0.325 e. The minimum Gasteiger partial charge on any atom is -0.384 e. The zero-order valence-electron chi connectivity index (χ0n) is 12.4. The maximum absolute atomic E-state index is 12.0. The van der Waals surface area contributed by atoms with Crippen LogP contribution < -0.4 is 11.2 Å². The third kappa shape index (κ3) is 2.36. The molecule has 118 valence electrons. The summed E-state index contributed by atoms with van der Waals surface area (Å²) in [6.07, 6.45) is 5.84. The summed E-state index contributed by atoms with van der Waals surface area (Å²) in [6, 6.07) is 1.88. The van der Waals surface area contributed by atoms with E-state index in [1.54, 1.807) is 24.0 Å². The average Bonchev–Trinajstić information content (AvgIpc) is 3.11. The molecule has 0 aliphatic heterocycles. The van der Waals surface area contributed by atoms with Gasteiger partial charge in [-0.25, -0.2) is 14.3 Å². The van der Waals surface area contributed by atoms with Crippen molar-refractivity contribution in [2.45, 2.75) is 12.3 Å². The van der Waals surface area contributed by atoms with Gasteiger partial charge in [-0.15, -0.1) is 0 Å². The van der Waals surface area contributed by atoms with Crippen LogP contribution in [0.5, 0.6) is 0 Å². The molecule has 23 heavy (non-hydrogen) atoms. The normalized spacial score (nSPS) is 20.0. The van der Waals surface area contributed by atoms with E-state index in [2.05, 4.69) is 20.1 Å². The molecule has 3 heterocycles. The average molecular weight is 313 g/mol. The van der Waals surface area contributed by atoms with Gasteiger partial charge in [0.1, 0.15) is 0 Å². The Morgan fingerprint density at radius 3 is 3.09 bits per heavy atom. The number of methoxy groups -OCH3 is 1. The second kappa shape index (κ2) is 5.17. The van der Waals surface area contributed by atoms with Crippen LogP contribution in [0.1, 0.15) is 17.9 Å². The number of H-pyrrole nitrogens is 2. The Labute approximate surface area is 130 Å². The third-order valence-corrected chi connectivity index (χ3v) is 4.19. The Balaban J connectivity index is 1.85. The van der Waals surface area contributed by atoms with Gasteiger partial charge in [0.15, 0.2) is 5.65 Å². The first-order chi connectivity index (χ1) is 11.2. The van der Waals surface area contributed by atoms with Gasteiger partial charge in [0.25, 0.3) is 5.56 Å². The lowest BCUT2D eigenvalue weighted by molar-refractivity contribution is 0.184. The van der Waals surface area contributed by atoms with Crippen LogP contribution in [0.3, 0.4) is 0 Å². The summed E-state index contributed by atoms with van der Waals surface area (Å²) in [4.78, 5) is 32.3. The number of fused-ring (bicyclic) bond motifs is 1. The number of imidazole rings is 1. The van der Waals surface area contributed by atoms with Crippen LogP contribution >= 0.6 is 0 Å². The van der Waals surface area contributed by atoms with Crippen molar-refractivity contribution >= 4 is 5.65 Å². The highest BCUT2D eigenvalue weighted by molar-refractivity contribution is 5.62. The minimum absolute atomic E-state index is 0.324. The fourth-order valence-electron chi connectivity index (χ4n) is 2.97. The molecule has 3 aromatic rings. The molecule has 0 amide bonds. The van der Waals surface area contributed by atoms with Crippen LogP contribution in [0.2, 0.25) is 0 Å². The molecule has 0 aromatic carbocycles. The number of hydrogen-bond donors (Lipinski definition) is 2. The monoisotopic (exact) mass is 313 g/mol. The van der Waals surface area contributed by atoms with Crippen molar-refractivity contribution in [3.63, 3.8) is 0 Å². The predicted molar refractivity (Wildman–Crippen MR) is 82.4 cm³/mol. The summed E-state index contributed by atoms with van der Waals surface area (Å²) in [7, 11) is 1.69. The van der Waals surface area contributed by atoms with Crippen LogP contribution in [-0.4, -0.2) is 38.3 Å². The fraction of sp³-hybridized carbons (Fsp3) is 0.333. The van der Waals surface area contributed by atoms with Crippen molar-refractivity contribution in [1.29, 1.82) is 0 Å². The highest BCUT2D eigenvalue weighted by atomic mass is 16.5. The van der Waals surface area contributed by atoms with E-state index in [9.17, 15) is 9.59 Å². The molecule has 0 spiro atoms. The fourth-order valence-corrected chi connectivity index (χ4v) is 2.97. The predicted octanol–water partition coefficient (Wildman–Crippen LogP) is 0.523. The van der Waals surface area contributed by atoms with Crippen LogP contribution in [0.25, 0.3) is 16.9 Å². The molecule has 0 saturated heterocycles. The molecule has 2 N–H and O–H groups in total. The Morgan fingerprint density at radius 2 is 2.30 bits per heavy atom. The van der Waals surface area contributed by atoms with Gasteiger partial charge in [0.05, 0.1) is 11.3 Å². The highest BCUT2D eigenvalue weighted by Crippen LogP contribution is 2.48. The summed E-state index contributed by atoms with van der Waals surface area (Å²) in [5, 5.41) is 4.42. The molecule has 1 aliphatic carbocycles. The van der Waals surface area contributed by atoms with E-state index >= 15 is 0 Å². The molecule has 1 aliphatic rings. The molecule has 0 radical (unpaired) electrons. The third-order valence-electron chi connectivity index (χ3n) is 4.19. The minimum atomic E-state index is -0.537. The van der Waals surface area contributed by atoms with Crippen molar-refractivity contribution in [2.24, 2.45) is 5.92 Å². The molecule has 3 aromatic heterocycles. The number of nitrogens with one attached hydrogen (secondary N) is 2. The summed E-state index contributed by atoms with van der Waals surface area (Å²) in [5.41, 5.74) is 1.67. The molecule has 8 heteroatoms. The number of rotatable bonds is 4. The van der Waals surface area contributed by atoms with Crippen molar-refractivity contribution in [3.05, 3.63) is 51.1 Å². The molecule has 1 fully saturated rings. The number of ether oxygens (including phenoxy) is 1. The van der Waals surface area contributed by atoms with Crippen LogP contribution in [0, 0.1) is 5.92 Å². The van der Waals surface area contributed by atoms with E-state index in [1.807, 2.05) is 6.07 Å². The van der Waals surface area contributed by atoms with Crippen LogP contribution in [-0.2, 0) is 4.74 Å². The van der Waals surface area contributed by atoms with Gasteiger partial charge >= 0.3 is 5.69 Å². The molecule has 0 unspecified atom stereocenters. The van der Waals surface area contributed by atoms with Gasteiger partial charge in [-0.1, -0.05) is 0 Å². The molecule has 2 atom stereocenters. The molecule has 4 rings (SSSR count). The first-order valence-corrected chi connectivity index (χ1v) is 7.33. The zero-order valence-corrected chi connectivity index (χ0v) is 12.4. The second-order valence-electron chi connectivity index (χ2n) is 5.72. The second-order valence-corrected chi connectivity index (χ2v) is 5.72. The first-order valence-electron chi connectivity index (χ1n) is 7.33. The van der Waals surface area contributed by atoms with Crippen LogP contribution in [0.15, 0.2) is 34.2 Å².